The third kappa shape index (κ3) is 5.24. The van der Waals surface area contributed by atoms with Gasteiger partial charge in [-0.25, -0.2) is 9.78 Å². The van der Waals surface area contributed by atoms with Gasteiger partial charge in [0.2, 0.25) is 0 Å². The molecule has 1 saturated heterocycles. The van der Waals surface area contributed by atoms with Crippen molar-refractivity contribution in [2.75, 3.05) is 39.4 Å². The van der Waals surface area contributed by atoms with Gasteiger partial charge in [-0.2, -0.15) is 0 Å². The number of fused-ring (bicyclic) bond motifs is 1. The van der Waals surface area contributed by atoms with E-state index >= 15 is 0 Å². The number of aliphatic hydroxyl groups is 1. The van der Waals surface area contributed by atoms with Crippen LogP contribution in [0.1, 0.15) is 35.0 Å². The number of nitrogens with zero attached hydrogens (tertiary/aromatic N) is 5. The minimum atomic E-state index is -0.698. The first-order valence-electron chi connectivity index (χ1n) is 12.3. The van der Waals surface area contributed by atoms with Crippen LogP contribution in [0.2, 0.25) is 0 Å². The van der Waals surface area contributed by atoms with E-state index in [0.717, 1.165) is 40.2 Å². The highest BCUT2D eigenvalue weighted by atomic mass is 16.5. The Kier molecular flexibility index (Phi) is 7.94. The Labute approximate surface area is 209 Å². The minimum Gasteiger partial charge on any atom is -0.507 e. The quantitative estimate of drug-likeness (QED) is 0.358. The summed E-state index contributed by atoms with van der Waals surface area (Å²) in [5.74, 6) is 1.00. The Balaban J connectivity index is 1.47. The number of benzene rings is 1. The second kappa shape index (κ2) is 11.0. The van der Waals surface area contributed by atoms with Crippen LogP contribution in [-0.4, -0.2) is 73.2 Å². The van der Waals surface area contributed by atoms with Crippen LogP contribution in [0.15, 0.2) is 21.7 Å². The van der Waals surface area contributed by atoms with E-state index in [1.54, 1.807) is 19.2 Å². The van der Waals surface area contributed by atoms with E-state index in [4.69, 9.17) is 9.72 Å². The molecule has 1 atom stereocenters. The molecule has 1 aliphatic rings. The maximum Gasteiger partial charge on any atom is 0.332 e. The normalized spacial score (nSPS) is 15.6. The number of aliphatic hydroxyl groups excluding tert-OH is 1. The van der Waals surface area contributed by atoms with Gasteiger partial charge in [0.05, 0.1) is 25.9 Å². The molecule has 196 valence electrons. The summed E-state index contributed by atoms with van der Waals surface area (Å²) in [4.78, 5) is 32.4. The molecule has 3 N–H and O–H groups in total. The van der Waals surface area contributed by atoms with E-state index in [0.29, 0.717) is 57.0 Å². The van der Waals surface area contributed by atoms with Gasteiger partial charge in [0.1, 0.15) is 11.6 Å². The Morgan fingerprint density at radius 2 is 1.78 bits per heavy atom. The second-order valence-electron chi connectivity index (χ2n) is 9.52. The summed E-state index contributed by atoms with van der Waals surface area (Å²) in [7, 11) is 3.12. The molecule has 36 heavy (non-hydrogen) atoms. The number of ether oxygens (including phenoxy) is 1. The van der Waals surface area contributed by atoms with E-state index in [1.165, 1.54) is 11.6 Å². The second-order valence-corrected chi connectivity index (χ2v) is 9.52. The molecule has 0 bridgehead atoms. The number of aryl methyl sites for hydroxylation is 4. The lowest BCUT2D eigenvalue weighted by molar-refractivity contribution is 0.0326. The van der Waals surface area contributed by atoms with Crippen LogP contribution in [0.4, 0.5) is 0 Å². The number of aromatic nitrogens is 4. The summed E-state index contributed by atoms with van der Waals surface area (Å²) in [6.45, 7) is 8.63. The highest BCUT2D eigenvalue weighted by Gasteiger charge is 2.21. The molecule has 1 aliphatic heterocycles. The molecule has 11 nitrogen and oxygen atoms in total. The van der Waals surface area contributed by atoms with Crippen molar-refractivity contribution >= 4 is 11.2 Å². The van der Waals surface area contributed by atoms with Gasteiger partial charge in [-0.15, -0.1) is 0 Å². The Morgan fingerprint density at radius 1 is 1.11 bits per heavy atom. The molecule has 4 rings (SSSR count). The molecule has 2 aromatic heterocycles. The van der Waals surface area contributed by atoms with Gasteiger partial charge < -0.3 is 24.8 Å². The van der Waals surface area contributed by atoms with Gasteiger partial charge in [-0.05, 0) is 55.6 Å². The molecule has 0 radical (unpaired) electrons. The van der Waals surface area contributed by atoms with E-state index in [1.807, 2.05) is 18.4 Å². The van der Waals surface area contributed by atoms with E-state index in [9.17, 15) is 19.8 Å². The summed E-state index contributed by atoms with van der Waals surface area (Å²) in [6, 6.07) is 3.59. The SMILES string of the molecule is Cc1cc(C(O)CNCCCn2c(CN3CCOCC3)nc3c2c(=O)n(C)c(=O)n3C)cc(C)c1O. The minimum absolute atomic E-state index is 0.253. The van der Waals surface area contributed by atoms with Crippen molar-refractivity contribution in [3.05, 3.63) is 55.5 Å². The van der Waals surface area contributed by atoms with Crippen molar-refractivity contribution in [1.29, 1.82) is 0 Å². The number of rotatable bonds is 9. The standard InChI is InChI=1S/C25H36N6O5/c1-16-12-18(13-17(2)22(16)33)19(32)14-26-6-5-7-31-20(15-30-8-10-36-11-9-30)27-23-21(31)24(34)29(4)25(35)28(23)3/h12-13,19,26,32-33H,5-11,14-15H2,1-4H3. The molecule has 0 aliphatic carbocycles. The molecule has 1 fully saturated rings. The fourth-order valence-corrected chi connectivity index (χ4v) is 4.71. The summed E-state index contributed by atoms with van der Waals surface area (Å²) in [6.07, 6.45) is 0.00394. The summed E-state index contributed by atoms with van der Waals surface area (Å²) in [5, 5.41) is 23.8. The van der Waals surface area contributed by atoms with Crippen molar-refractivity contribution in [2.24, 2.45) is 14.1 Å². The molecular weight excluding hydrogens is 464 g/mol. The van der Waals surface area contributed by atoms with E-state index < -0.39 is 11.8 Å². The van der Waals surface area contributed by atoms with E-state index in [-0.39, 0.29) is 11.3 Å². The summed E-state index contributed by atoms with van der Waals surface area (Å²) < 4.78 is 9.92. The first kappa shape index (κ1) is 26.1. The molecule has 0 amide bonds. The molecule has 1 unspecified atom stereocenters. The smallest absolute Gasteiger partial charge is 0.332 e. The molecule has 11 heteroatoms. The number of hydrogen-bond donors (Lipinski definition) is 3. The van der Waals surface area contributed by atoms with E-state index in [2.05, 4.69) is 10.2 Å². The Bertz CT molecular complexity index is 1330. The number of aromatic hydroxyl groups is 1. The molecular formula is C25H36N6O5. The van der Waals surface area contributed by atoms with Crippen LogP contribution in [0, 0.1) is 13.8 Å². The average Bonchev–Trinajstić information content (AvgIpc) is 3.22. The maximum atomic E-state index is 13.0. The highest BCUT2D eigenvalue weighted by Crippen LogP contribution is 2.26. The molecule has 3 aromatic rings. The van der Waals surface area contributed by atoms with Crippen LogP contribution < -0.4 is 16.6 Å². The van der Waals surface area contributed by atoms with Crippen molar-refractivity contribution in [3.63, 3.8) is 0 Å². The third-order valence-electron chi connectivity index (χ3n) is 6.87. The fourth-order valence-electron chi connectivity index (χ4n) is 4.71. The lowest BCUT2D eigenvalue weighted by Crippen LogP contribution is -2.38. The van der Waals surface area contributed by atoms with Gasteiger partial charge >= 0.3 is 5.69 Å². The van der Waals surface area contributed by atoms with Crippen molar-refractivity contribution in [3.8, 4) is 5.75 Å². The number of phenols is 1. The van der Waals surface area contributed by atoms with Crippen LogP contribution in [-0.2, 0) is 31.9 Å². The van der Waals surface area contributed by atoms with Gasteiger partial charge in [0.25, 0.3) is 5.56 Å². The predicted molar refractivity (Wildman–Crippen MR) is 136 cm³/mol. The van der Waals surface area contributed by atoms with Gasteiger partial charge in [-0.1, -0.05) is 0 Å². The van der Waals surface area contributed by atoms with Crippen molar-refractivity contribution in [1.82, 2.24) is 28.9 Å². The summed E-state index contributed by atoms with van der Waals surface area (Å²) >= 11 is 0. The molecule has 0 spiro atoms. The van der Waals surface area contributed by atoms with Crippen LogP contribution in [0.5, 0.6) is 5.75 Å². The van der Waals surface area contributed by atoms with Crippen molar-refractivity contribution in [2.45, 2.75) is 39.5 Å². The highest BCUT2D eigenvalue weighted by molar-refractivity contribution is 5.71. The van der Waals surface area contributed by atoms with Gasteiger partial charge in [-0.3, -0.25) is 18.8 Å². The Hall–Kier alpha value is -2.99. The van der Waals surface area contributed by atoms with Gasteiger partial charge in [0.15, 0.2) is 11.2 Å². The molecule has 1 aromatic carbocycles. The monoisotopic (exact) mass is 500 g/mol. The molecule has 0 saturated carbocycles. The van der Waals surface area contributed by atoms with Crippen LogP contribution in [0.3, 0.4) is 0 Å². The topological polar surface area (TPSA) is 127 Å². The first-order chi connectivity index (χ1) is 17.2. The lowest BCUT2D eigenvalue weighted by Gasteiger charge is -2.26. The van der Waals surface area contributed by atoms with Crippen molar-refractivity contribution < 1.29 is 14.9 Å². The zero-order valence-corrected chi connectivity index (χ0v) is 21.5. The fraction of sp³-hybridized carbons (Fsp3) is 0.560. The lowest BCUT2D eigenvalue weighted by atomic mass is 10.0. The number of imidazole rings is 1. The number of nitrogens with one attached hydrogen (secondary N) is 1. The third-order valence-corrected chi connectivity index (χ3v) is 6.87. The van der Waals surface area contributed by atoms with Gasteiger partial charge in [0, 0.05) is 40.3 Å². The molecule has 3 heterocycles. The van der Waals surface area contributed by atoms with Crippen LogP contribution in [0.25, 0.3) is 11.2 Å². The number of hydrogen-bond acceptors (Lipinski definition) is 8. The first-order valence-corrected chi connectivity index (χ1v) is 12.3. The number of phenolic OH excluding ortho intramolecular Hbond substituents is 1. The largest absolute Gasteiger partial charge is 0.507 e. The zero-order chi connectivity index (χ0) is 26.0. The Morgan fingerprint density at radius 3 is 2.44 bits per heavy atom. The predicted octanol–water partition coefficient (Wildman–Crippen LogP) is 0.302. The van der Waals surface area contributed by atoms with Crippen LogP contribution >= 0.6 is 0 Å². The average molecular weight is 501 g/mol. The summed E-state index contributed by atoms with van der Waals surface area (Å²) in [5.41, 5.74) is 2.30. The zero-order valence-electron chi connectivity index (χ0n) is 21.5. The number of morpholine rings is 1. The maximum absolute atomic E-state index is 13.0.